The van der Waals surface area contributed by atoms with Gasteiger partial charge in [-0.25, -0.2) is 0 Å². The Balaban J connectivity index is 1.59. The van der Waals surface area contributed by atoms with Gasteiger partial charge in [0.1, 0.15) is 12.4 Å². The highest BCUT2D eigenvalue weighted by Crippen LogP contribution is 2.38. The van der Waals surface area contributed by atoms with E-state index < -0.39 is 0 Å². The molecule has 0 aliphatic carbocycles. The number of nitriles is 1. The summed E-state index contributed by atoms with van der Waals surface area (Å²) >= 11 is 0. The molecule has 4 aromatic rings. The number of ether oxygens (including phenoxy) is 1. The summed E-state index contributed by atoms with van der Waals surface area (Å²) in [7, 11) is 0. The van der Waals surface area contributed by atoms with E-state index in [2.05, 4.69) is 41.5 Å². The molecule has 0 unspecified atom stereocenters. The third kappa shape index (κ3) is 2.97. The number of benzene rings is 3. The van der Waals surface area contributed by atoms with Gasteiger partial charge in [-0.1, -0.05) is 48.5 Å². The average molecular weight is 377 g/mol. The van der Waals surface area contributed by atoms with Crippen LogP contribution in [0.2, 0.25) is 0 Å². The zero-order chi connectivity index (χ0) is 19.8. The molecule has 0 saturated heterocycles. The van der Waals surface area contributed by atoms with Crippen molar-refractivity contribution in [3.63, 3.8) is 0 Å². The lowest BCUT2D eigenvalue weighted by atomic mass is 9.90. The molecule has 4 nitrogen and oxygen atoms in total. The minimum absolute atomic E-state index is 0.474. The van der Waals surface area contributed by atoms with Gasteiger partial charge in [-0.3, -0.25) is 4.68 Å². The lowest BCUT2D eigenvalue weighted by Crippen LogP contribution is -2.04. The third-order valence-corrected chi connectivity index (χ3v) is 5.40. The van der Waals surface area contributed by atoms with Crippen molar-refractivity contribution in [2.45, 2.75) is 20.1 Å². The number of fused-ring (bicyclic) bond motifs is 3. The van der Waals surface area contributed by atoms with Gasteiger partial charge in [0.15, 0.2) is 0 Å². The zero-order valence-corrected chi connectivity index (χ0v) is 16.1. The van der Waals surface area contributed by atoms with Gasteiger partial charge in [0.25, 0.3) is 0 Å². The Morgan fingerprint density at radius 3 is 2.79 bits per heavy atom. The molecule has 140 valence electrons. The number of hydrogen-bond donors (Lipinski definition) is 0. The fourth-order valence-electron chi connectivity index (χ4n) is 3.99. The summed E-state index contributed by atoms with van der Waals surface area (Å²) in [6.07, 6.45) is 1.90. The Morgan fingerprint density at radius 2 is 1.90 bits per heavy atom. The summed E-state index contributed by atoms with van der Waals surface area (Å²) in [5.74, 6) is 0.813. The van der Waals surface area contributed by atoms with Gasteiger partial charge in [0, 0.05) is 22.1 Å². The van der Waals surface area contributed by atoms with Gasteiger partial charge in [0.05, 0.1) is 24.3 Å². The molecule has 0 saturated carbocycles. The van der Waals surface area contributed by atoms with E-state index in [4.69, 9.17) is 4.74 Å². The molecule has 2 heterocycles. The van der Waals surface area contributed by atoms with Crippen molar-refractivity contribution in [2.24, 2.45) is 0 Å². The fraction of sp³-hybridized carbons (Fsp3) is 0.120. The first kappa shape index (κ1) is 17.3. The number of nitrogens with zero attached hydrogens (tertiary/aromatic N) is 3. The molecule has 0 amide bonds. The monoisotopic (exact) mass is 377 g/mol. The van der Waals surface area contributed by atoms with Crippen molar-refractivity contribution < 1.29 is 4.74 Å². The number of allylic oxidation sites excluding steroid dienone is 1. The highest BCUT2D eigenvalue weighted by molar-refractivity contribution is 5.88. The number of hydrogen-bond acceptors (Lipinski definition) is 3. The highest BCUT2D eigenvalue weighted by Gasteiger charge is 2.21. The molecule has 1 aromatic heterocycles. The molecule has 1 aliphatic rings. The Bertz CT molecular complexity index is 1310. The number of aromatic nitrogens is 2. The first-order chi connectivity index (χ1) is 14.2. The smallest absolute Gasteiger partial charge is 0.127 e. The van der Waals surface area contributed by atoms with Crippen LogP contribution in [0.3, 0.4) is 0 Å². The van der Waals surface area contributed by atoms with Crippen LogP contribution in [-0.4, -0.2) is 9.78 Å². The molecule has 4 heteroatoms. The van der Waals surface area contributed by atoms with Gasteiger partial charge in [-0.15, -0.1) is 0 Å². The summed E-state index contributed by atoms with van der Waals surface area (Å²) in [6, 6.07) is 24.9. The van der Waals surface area contributed by atoms with Crippen LogP contribution >= 0.6 is 0 Å². The van der Waals surface area contributed by atoms with Crippen molar-refractivity contribution in [3.05, 3.63) is 101 Å². The first-order valence-electron chi connectivity index (χ1n) is 9.60. The molecular formula is C25H19N3O. The van der Waals surface area contributed by atoms with E-state index in [1.807, 2.05) is 54.2 Å². The highest BCUT2D eigenvalue weighted by atomic mass is 16.5. The maximum Gasteiger partial charge on any atom is 0.127 e. The second-order valence-electron chi connectivity index (χ2n) is 7.25. The molecule has 0 atom stereocenters. The molecule has 0 spiro atoms. The SMILES string of the molecule is CC(C#N)=C1c2ccc(Cn3ncc4ccccc43)cc2COc2ccccc21. The van der Waals surface area contributed by atoms with Crippen LogP contribution in [0.5, 0.6) is 5.75 Å². The lowest BCUT2D eigenvalue weighted by molar-refractivity contribution is 0.307. The van der Waals surface area contributed by atoms with E-state index in [1.165, 1.54) is 0 Å². The Morgan fingerprint density at radius 1 is 1.07 bits per heavy atom. The molecule has 0 radical (unpaired) electrons. The van der Waals surface area contributed by atoms with E-state index in [-0.39, 0.29) is 0 Å². The third-order valence-electron chi connectivity index (χ3n) is 5.40. The first-order valence-corrected chi connectivity index (χ1v) is 9.60. The Hall–Kier alpha value is -3.84. The normalized spacial score (nSPS) is 14.3. The maximum atomic E-state index is 9.60. The fourth-order valence-corrected chi connectivity index (χ4v) is 3.99. The molecule has 0 bridgehead atoms. The standard InChI is InChI=1S/C25H19N3O/c1-17(13-26)25-21-11-10-18(15-28-23-8-4-2-6-19(23)14-27-28)12-20(21)16-29-24-9-5-3-7-22(24)25/h2-12,14H,15-16H2,1H3. The van der Waals surface area contributed by atoms with E-state index in [0.29, 0.717) is 18.7 Å². The minimum Gasteiger partial charge on any atom is -0.488 e. The van der Waals surface area contributed by atoms with Crippen molar-refractivity contribution >= 4 is 16.5 Å². The molecule has 0 N–H and O–H groups in total. The summed E-state index contributed by atoms with van der Waals surface area (Å²) in [6.45, 7) is 3.03. The molecule has 1 aliphatic heterocycles. The summed E-state index contributed by atoms with van der Waals surface area (Å²) in [5, 5.41) is 15.3. The van der Waals surface area contributed by atoms with Gasteiger partial charge >= 0.3 is 0 Å². The van der Waals surface area contributed by atoms with Crippen molar-refractivity contribution in [1.82, 2.24) is 9.78 Å². The largest absolute Gasteiger partial charge is 0.488 e. The molecule has 29 heavy (non-hydrogen) atoms. The predicted octanol–water partition coefficient (Wildman–Crippen LogP) is 5.32. The van der Waals surface area contributed by atoms with E-state index >= 15 is 0 Å². The second-order valence-corrected chi connectivity index (χ2v) is 7.25. The van der Waals surface area contributed by atoms with Crippen LogP contribution in [-0.2, 0) is 13.2 Å². The van der Waals surface area contributed by atoms with Gasteiger partial charge < -0.3 is 4.74 Å². The lowest BCUT2D eigenvalue weighted by Gasteiger charge is -2.13. The maximum absolute atomic E-state index is 9.60. The quantitative estimate of drug-likeness (QED) is 0.444. The van der Waals surface area contributed by atoms with Crippen LogP contribution in [0.4, 0.5) is 0 Å². The predicted molar refractivity (Wildman–Crippen MR) is 113 cm³/mol. The number of rotatable bonds is 2. The molecule has 5 rings (SSSR count). The van der Waals surface area contributed by atoms with Crippen LogP contribution in [0.1, 0.15) is 29.2 Å². The van der Waals surface area contributed by atoms with Crippen LogP contribution in [0.15, 0.2) is 78.5 Å². The topological polar surface area (TPSA) is 50.8 Å². The van der Waals surface area contributed by atoms with E-state index in [0.717, 1.165) is 44.5 Å². The van der Waals surface area contributed by atoms with Crippen LogP contribution in [0.25, 0.3) is 16.5 Å². The summed E-state index contributed by atoms with van der Waals surface area (Å²) < 4.78 is 8.11. The number of para-hydroxylation sites is 2. The van der Waals surface area contributed by atoms with E-state index in [9.17, 15) is 5.26 Å². The van der Waals surface area contributed by atoms with Crippen molar-refractivity contribution in [1.29, 1.82) is 5.26 Å². The van der Waals surface area contributed by atoms with Gasteiger partial charge in [-0.2, -0.15) is 10.4 Å². The van der Waals surface area contributed by atoms with Gasteiger partial charge in [0.2, 0.25) is 0 Å². The Kier molecular flexibility index (Phi) is 4.14. The molecular weight excluding hydrogens is 358 g/mol. The van der Waals surface area contributed by atoms with Gasteiger partial charge in [-0.05, 0) is 41.8 Å². The second kappa shape index (κ2) is 6.96. The van der Waals surface area contributed by atoms with E-state index in [1.54, 1.807) is 0 Å². The van der Waals surface area contributed by atoms with Crippen LogP contribution < -0.4 is 4.74 Å². The molecule has 3 aromatic carbocycles. The Labute approximate surface area is 169 Å². The van der Waals surface area contributed by atoms with Crippen LogP contribution in [0, 0.1) is 11.3 Å². The van der Waals surface area contributed by atoms with Crippen molar-refractivity contribution in [2.75, 3.05) is 0 Å². The zero-order valence-electron chi connectivity index (χ0n) is 16.1. The minimum atomic E-state index is 0.474. The summed E-state index contributed by atoms with van der Waals surface area (Å²) in [4.78, 5) is 0. The average Bonchev–Trinajstić information content (AvgIpc) is 3.08. The summed E-state index contributed by atoms with van der Waals surface area (Å²) in [5.41, 5.74) is 7.02. The van der Waals surface area contributed by atoms with Crippen molar-refractivity contribution in [3.8, 4) is 11.8 Å². The molecule has 0 fully saturated rings.